The summed E-state index contributed by atoms with van der Waals surface area (Å²) in [5, 5.41) is 3.16. The van der Waals surface area contributed by atoms with Crippen LogP contribution in [0.25, 0.3) is 10.2 Å². The van der Waals surface area contributed by atoms with Crippen LogP contribution in [0.1, 0.15) is 10.4 Å². The second-order valence-electron chi connectivity index (χ2n) is 5.55. The zero-order valence-corrected chi connectivity index (χ0v) is 16.0. The fourth-order valence-corrected chi connectivity index (χ4v) is 3.77. The van der Waals surface area contributed by atoms with Gasteiger partial charge >= 0.3 is 0 Å². The van der Waals surface area contributed by atoms with Crippen molar-refractivity contribution in [2.45, 2.75) is 0 Å². The molecule has 0 saturated heterocycles. The second kappa shape index (κ2) is 6.93. The van der Waals surface area contributed by atoms with E-state index in [-0.39, 0.29) is 5.56 Å². The maximum Gasteiger partial charge on any atom is 0.259 e. The summed E-state index contributed by atoms with van der Waals surface area (Å²) in [6.07, 6.45) is 1.09. The van der Waals surface area contributed by atoms with Crippen LogP contribution >= 0.6 is 11.3 Å². The lowest BCUT2D eigenvalue weighted by Crippen LogP contribution is -2.27. The molecule has 1 heterocycles. The molecule has 1 aromatic heterocycles. The van der Waals surface area contributed by atoms with Crippen LogP contribution in [-0.4, -0.2) is 39.7 Å². The number of anilines is 2. The summed E-state index contributed by atoms with van der Waals surface area (Å²) in [7, 11) is -0.495. The number of aromatic nitrogens is 1. The van der Waals surface area contributed by atoms with Crippen molar-refractivity contribution in [3.05, 3.63) is 48.0 Å². The van der Waals surface area contributed by atoms with Crippen molar-refractivity contribution in [2.75, 3.05) is 30.0 Å². The van der Waals surface area contributed by atoms with Gasteiger partial charge in [0.05, 0.1) is 34.8 Å². The van der Waals surface area contributed by atoms with Crippen molar-refractivity contribution in [1.29, 1.82) is 0 Å². The Kier molecular flexibility index (Phi) is 4.84. The summed E-state index contributed by atoms with van der Waals surface area (Å²) in [4.78, 5) is 17.1. The third-order valence-corrected chi connectivity index (χ3v) is 5.93. The maximum absolute atomic E-state index is 12.7. The number of nitrogens with one attached hydrogen (secondary N) is 1. The summed E-state index contributed by atoms with van der Waals surface area (Å²) in [5.41, 5.74) is 1.29. The third kappa shape index (κ3) is 3.63. The molecule has 9 heteroatoms. The van der Waals surface area contributed by atoms with E-state index in [4.69, 9.17) is 4.74 Å². The van der Waals surface area contributed by atoms with Crippen LogP contribution < -0.4 is 14.4 Å². The quantitative estimate of drug-likeness (QED) is 0.722. The standard InChI is InChI=1S/C17H17N3O4S2/c1-20(26(3,22)23)14-7-5-4-6-12(14)16(21)19-17-18-13-9-8-11(24-2)10-15(13)25-17/h4-10H,1-3H3,(H,18,19,21). The van der Waals surface area contributed by atoms with E-state index in [2.05, 4.69) is 10.3 Å². The number of hydrogen-bond acceptors (Lipinski definition) is 6. The van der Waals surface area contributed by atoms with Gasteiger partial charge < -0.3 is 4.74 Å². The number of nitrogens with zero attached hydrogens (tertiary/aromatic N) is 2. The molecule has 0 unspecified atom stereocenters. The number of methoxy groups -OCH3 is 1. The van der Waals surface area contributed by atoms with Gasteiger partial charge in [-0.3, -0.25) is 14.4 Å². The summed E-state index contributed by atoms with van der Waals surface area (Å²) in [5.74, 6) is 0.279. The average molecular weight is 391 g/mol. The van der Waals surface area contributed by atoms with Gasteiger partial charge in [-0.05, 0) is 30.3 Å². The molecule has 0 spiro atoms. The molecule has 2 aromatic carbocycles. The van der Waals surface area contributed by atoms with Crippen LogP contribution in [0.15, 0.2) is 42.5 Å². The summed E-state index contributed by atoms with van der Waals surface area (Å²) < 4.78 is 30.8. The van der Waals surface area contributed by atoms with Crippen LogP contribution in [-0.2, 0) is 10.0 Å². The van der Waals surface area contributed by atoms with E-state index in [9.17, 15) is 13.2 Å². The lowest BCUT2D eigenvalue weighted by molar-refractivity contribution is 0.102. The molecule has 0 bridgehead atoms. The molecule has 26 heavy (non-hydrogen) atoms. The number of rotatable bonds is 5. The number of hydrogen-bond donors (Lipinski definition) is 1. The van der Waals surface area contributed by atoms with Crippen molar-refractivity contribution >= 4 is 48.3 Å². The first-order chi connectivity index (χ1) is 12.3. The first-order valence-corrected chi connectivity index (χ1v) is 10.2. The highest BCUT2D eigenvalue weighted by Gasteiger charge is 2.20. The highest BCUT2D eigenvalue weighted by atomic mass is 32.2. The maximum atomic E-state index is 12.7. The smallest absolute Gasteiger partial charge is 0.259 e. The van der Waals surface area contributed by atoms with Crippen LogP contribution in [0.5, 0.6) is 5.75 Å². The zero-order valence-electron chi connectivity index (χ0n) is 14.4. The summed E-state index contributed by atoms with van der Waals surface area (Å²) in [6, 6.07) is 12.0. The van der Waals surface area contributed by atoms with Crippen molar-refractivity contribution in [3.63, 3.8) is 0 Å². The van der Waals surface area contributed by atoms with E-state index in [0.29, 0.717) is 16.6 Å². The van der Waals surface area contributed by atoms with Gasteiger partial charge in [0.2, 0.25) is 10.0 Å². The van der Waals surface area contributed by atoms with Crippen LogP contribution in [0, 0.1) is 0 Å². The summed E-state index contributed by atoms with van der Waals surface area (Å²) in [6.45, 7) is 0. The minimum absolute atomic E-state index is 0.247. The predicted molar refractivity (Wildman–Crippen MR) is 104 cm³/mol. The van der Waals surface area contributed by atoms with Gasteiger partial charge in [0, 0.05) is 7.05 Å². The van der Waals surface area contributed by atoms with Gasteiger partial charge in [-0.2, -0.15) is 0 Å². The van der Waals surface area contributed by atoms with E-state index in [1.165, 1.54) is 18.4 Å². The molecular weight excluding hydrogens is 374 g/mol. The van der Waals surface area contributed by atoms with E-state index >= 15 is 0 Å². The van der Waals surface area contributed by atoms with E-state index in [1.807, 2.05) is 12.1 Å². The number of thiazole rings is 1. The lowest BCUT2D eigenvalue weighted by Gasteiger charge is -2.19. The highest BCUT2D eigenvalue weighted by molar-refractivity contribution is 7.92. The molecule has 0 aliphatic heterocycles. The SMILES string of the molecule is COc1ccc2nc(NC(=O)c3ccccc3N(C)S(C)(=O)=O)sc2c1. The molecule has 0 fully saturated rings. The van der Waals surface area contributed by atoms with Crippen molar-refractivity contribution in [2.24, 2.45) is 0 Å². The molecule has 0 atom stereocenters. The molecule has 0 saturated carbocycles. The van der Waals surface area contributed by atoms with E-state index < -0.39 is 15.9 Å². The van der Waals surface area contributed by atoms with E-state index in [0.717, 1.165) is 20.8 Å². The van der Waals surface area contributed by atoms with Crippen molar-refractivity contribution in [1.82, 2.24) is 4.98 Å². The number of carbonyl (C=O) groups excluding carboxylic acids is 1. The molecule has 1 amide bonds. The minimum Gasteiger partial charge on any atom is -0.497 e. The molecular formula is C17H17N3O4S2. The van der Waals surface area contributed by atoms with Crippen LogP contribution in [0.2, 0.25) is 0 Å². The normalized spacial score (nSPS) is 11.3. The zero-order chi connectivity index (χ0) is 18.9. The number of sulfonamides is 1. The molecule has 1 N–H and O–H groups in total. The largest absolute Gasteiger partial charge is 0.497 e. The van der Waals surface area contributed by atoms with Gasteiger partial charge in [-0.25, -0.2) is 13.4 Å². The Hall–Kier alpha value is -2.65. The minimum atomic E-state index is -3.49. The Labute approximate surface area is 155 Å². The Morgan fingerprint density at radius 1 is 1.23 bits per heavy atom. The monoisotopic (exact) mass is 391 g/mol. The average Bonchev–Trinajstić information content (AvgIpc) is 3.01. The Morgan fingerprint density at radius 3 is 2.65 bits per heavy atom. The number of benzene rings is 2. The predicted octanol–water partition coefficient (Wildman–Crippen LogP) is 2.95. The Bertz CT molecular complexity index is 1080. The van der Waals surface area contributed by atoms with Crippen molar-refractivity contribution < 1.29 is 17.9 Å². The van der Waals surface area contributed by atoms with Gasteiger partial charge in [0.25, 0.3) is 5.91 Å². The van der Waals surface area contributed by atoms with Gasteiger partial charge in [0.15, 0.2) is 5.13 Å². The highest BCUT2D eigenvalue weighted by Crippen LogP contribution is 2.30. The molecule has 0 aliphatic rings. The summed E-state index contributed by atoms with van der Waals surface area (Å²) >= 11 is 1.31. The number of amides is 1. The molecule has 0 radical (unpaired) electrons. The number of carbonyl (C=O) groups is 1. The topological polar surface area (TPSA) is 88.6 Å². The molecule has 136 valence electrons. The fourth-order valence-electron chi connectivity index (χ4n) is 2.37. The van der Waals surface area contributed by atoms with E-state index in [1.54, 1.807) is 37.4 Å². The second-order valence-corrected chi connectivity index (χ2v) is 8.60. The van der Waals surface area contributed by atoms with Crippen LogP contribution in [0.3, 0.4) is 0 Å². The lowest BCUT2D eigenvalue weighted by atomic mass is 10.1. The number of ether oxygens (including phenoxy) is 1. The van der Waals surface area contributed by atoms with Gasteiger partial charge in [0.1, 0.15) is 5.75 Å². The van der Waals surface area contributed by atoms with Gasteiger partial charge in [-0.1, -0.05) is 23.5 Å². The first-order valence-electron chi connectivity index (χ1n) is 7.58. The van der Waals surface area contributed by atoms with Gasteiger partial charge in [-0.15, -0.1) is 0 Å². The molecule has 0 aliphatic carbocycles. The number of para-hydroxylation sites is 1. The third-order valence-electron chi connectivity index (χ3n) is 3.80. The Morgan fingerprint density at radius 2 is 1.96 bits per heavy atom. The first kappa shape index (κ1) is 18.2. The molecule has 3 rings (SSSR count). The Balaban J connectivity index is 1.91. The van der Waals surface area contributed by atoms with Crippen molar-refractivity contribution in [3.8, 4) is 5.75 Å². The molecule has 3 aromatic rings. The number of fused-ring (bicyclic) bond motifs is 1. The molecule has 7 nitrogen and oxygen atoms in total. The van der Waals surface area contributed by atoms with Crippen LogP contribution in [0.4, 0.5) is 10.8 Å². The fraction of sp³-hybridized carbons (Fsp3) is 0.176.